The van der Waals surface area contributed by atoms with Crippen LogP contribution >= 0.6 is 0 Å². The average Bonchev–Trinajstić information content (AvgIpc) is 2.58. The van der Waals surface area contributed by atoms with Gasteiger partial charge in [-0.1, -0.05) is 0 Å². The molecule has 0 atom stereocenters. The zero-order valence-corrected chi connectivity index (χ0v) is 8.49. The molecule has 1 heterocycles. The molecule has 0 saturated heterocycles. The molecule has 1 aromatic heterocycles. The minimum absolute atomic E-state index is 0.0237. The molecule has 0 amide bonds. The summed E-state index contributed by atoms with van der Waals surface area (Å²) < 4.78 is 6.90. The van der Waals surface area contributed by atoms with E-state index in [1.165, 1.54) is 6.92 Å². The summed E-state index contributed by atoms with van der Waals surface area (Å²) in [5, 5.41) is 8.92. The molecule has 0 aliphatic heterocycles. The van der Waals surface area contributed by atoms with Gasteiger partial charge in [-0.2, -0.15) is 0 Å². The first kappa shape index (κ1) is 10.9. The van der Waals surface area contributed by atoms with E-state index in [-0.39, 0.29) is 12.4 Å². The molecule has 0 fully saturated rings. The molecule has 4 heteroatoms. The number of aliphatic hydroxyl groups is 1. The van der Waals surface area contributed by atoms with Gasteiger partial charge >= 0.3 is 0 Å². The van der Waals surface area contributed by atoms with Gasteiger partial charge in [0.05, 0.1) is 12.3 Å². The van der Waals surface area contributed by atoms with Crippen molar-refractivity contribution in [3.8, 4) is 0 Å². The van der Waals surface area contributed by atoms with Crippen molar-refractivity contribution in [2.24, 2.45) is 0 Å². The van der Waals surface area contributed by atoms with Gasteiger partial charge in [0.1, 0.15) is 6.73 Å². The van der Waals surface area contributed by atoms with Crippen LogP contribution in [0.3, 0.4) is 0 Å². The molecule has 0 aliphatic rings. The van der Waals surface area contributed by atoms with Crippen molar-refractivity contribution in [1.82, 2.24) is 4.57 Å². The fourth-order valence-corrected chi connectivity index (χ4v) is 1.25. The maximum atomic E-state index is 11.2. The molecular formula is C10H15NO3. The highest BCUT2D eigenvalue weighted by Gasteiger charge is 2.08. The number of carbonyl (C=O) groups excluding carboxylic acids is 1. The van der Waals surface area contributed by atoms with Crippen molar-refractivity contribution in [3.63, 3.8) is 0 Å². The Morgan fingerprint density at radius 1 is 1.64 bits per heavy atom. The van der Waals surface area contributed by atoms with E-state index in [0.717, 1.165) is 5.56 Å². The van der Waals surface area contributed by atoms with Crippen LogP contribution < -0.4 is 0 Å². The lowest BCUT2D eigenvalue weighted by Crippen LogP contribution is -2.07. The van der Waals surface area contributed by atoms with Crippen molar-refractivity contribution in [1.29, 1.82) is 0 Å². The summed E-state index contributed by atoms with van der Waals surface area (Å²) in [6.45, 7) is 4.29. The van der Waals surface area contributed by atoms with Gasteiger partial charge in [-0.25, -0.2) is 0 Å². The molecule has 0 unspecified atom stereocenters. The predicted molar refractivity (Wildman–Crippen MR) is 52.0 cm³/mol. The number of hydrogen-bond acceptors (Lipinski definition) is 3. The number of ether oxygens (including phenoxy) is 1. The first-order valence-electron chi connectivity index (χ1n) is 4.57. The average molecular weight is 197 g/mol. The molecule has 0 saturated carbocycles. The van der Waals surface area contributed by atoms with E-state index in [1.807, 2.05) is 6.92 Å². The van der Waals surface area contributed by atoms with Crippen molar-refractivity contribution in [2.45, 2.75) is 27.2 Å². The minimum atomic E-state index is -0.0561. The maximum absolute atomic E-state index is 11.2. The van der Waals surface area contributed by atoms with Crippen LogP contribution in [0.25, 0.3) is 0 Å². The molecule has 1 aromatic rings. The van der Waals surface area contributed by atoms with Crippen LogP contribution in [0.15, 0.2) is 12.3 Å². The highest BCUT2D eigenvalue weighted by Crippen LogP contribution is 2.09. The Labute approximate surface area is 83.1 Å². The van der Waals surface area contributed by atoms with Gasteiger partial charge in [0.15, 0.2) is 5.78 Å². The lowest BCUT2D eigenvalue weighted by atomic mass is 10.3. The highest BCUT2D eigenvalue weighted by molar-refractivity contribution is 5.92. The van der Waals surface area contributed by atoms with Crippen LogP contribution in [0.5, 0.6) is 0 Å². The molecular weight excluding hydrogens is 182 g/mol. The summed E-state index contributed by atoms with van der Waals surface area (Å²) >= 11 is 0. The van der Waals surface area contributed by atoms with Crippen molar-refractivity contribution >= 4 is 5.78 Å². The molecule has 1 rings (SSSR count). The predicted octanol–water partition coefficient (Wildman–Crippen LogP) is 1.18. The molecule has 0 radical (unpaired) electrons. The molecule has 0 aliphatic carbocycles. The highest BCUT2D eigenvalue weighted by atomic mass is 16.5. The van der Waals surface area contributed by atoms with Crippen LogP contribution in [0.4, 0.5) is 0 Å². The Morgan fingerprint density at radius 2 is 2.36 bits per heavy atom. The second-order valence-electron chi connectivity index (χ2n) is 3.04. The summed E-state index contributed by atoms with van der Waals surface area (Å²) in [5.41, 5.74) is 1.30. The van der Waals surface area contributed by atoms with Crippen LogP contribution in [0, 0.1) is 0 Å². The number of nitrogens with zero attached hydrogens (tertiary/aromatic N) is 1. The lowest BCUT2D eigenvalue weighted by Gasteiger charge is -2.05. The smallest absolute Gasteiger partial charge is 0.176 e. The van der Waals surface area contributed by atoms with Gasteiger partial charge in [0.25, 0.3) is 0 Å². The number of carbonyl (C=O) groups is 1. The van der Waals surface area contributed by atoms with Gasteiger partial charge in [-0.3, -0.25) is 4.79 Å². The van der Waals surface area contributed by atoms with Crippen LogP contribution in [0.2, 0.25) is 0 Å². The fourth-order valence-electron chi connectivity index (χ4n) is 1.25. The third-order valence-corrected chi connectivity index (χ3v) is 1.93. The van der Waals surface area contributed by atoms with E-state index in [2.05, 4.69) is 0 Å². The van der Waals surface area contributed by atoms with Gasteiger partial charge in [-0.05, 0) is 18.6 Å². The summed E-state index contributed by atoms with van der Waals surface area (Å²) in [5.74, 6) is -0.0237. The Morgan fingerprint density at radius 3 is 2.86 bits per heavy atom. The fraction of sp³-hybridized carbons (Fsp3) is 0.500. The minimum Gasteiger partial charge on any atom is -0.392 e. The Bertz CT molecular complexity index is 317. The number of rotatable bonds is 5. The van der Waals surface area contributed by atoms with E-state index in [9.17, 15) is 4.79 Å². The van der Waals surface area contributed by atoms with Crippen LogP contribution in [-0.4, -0.2) is 22.1 Å². The van der Waals surface area contributed by atoms with Gasteiger partial charge in [0, 0.05) is 19.7 Å². The number of Topliss-reactive ketones (excluding diaryl/α,β-unsaturated/α-hetero) is 1. The second-order valence-corrected chi connectivity index (χ2v) is 3.04. The molecule has 14 heavy (non-hydrogen) atoms. The van der Waals surface area contributed by atoms with E-state index in [1.54, 1.807) is 16.8 Å². The zero-order chi connectivity index (χ0) is 10.6. The van der Waals surface area contributed by atoms with Crippen molar-refractivity contribution in [2.75, 3.05) is 6.61 Å². The largest absolute Gasteiger partial charge is 0.392 e. The third kappa shape index (κ3) is 2.43. The summed E-state index contributed by atoms with van der Waals surface area (Å²) in [7, 11) is 0. The van der Waals surface area contributed by atoms with Crippen LogP contribution in [0.1, 0.15) is 29.9 Å². The molecule has 0 spiro atoms. The Balaban J connectivity index is 2.88. The summed E-state index contributed by atoms with van der Waals surface area (Å²) in [4.78, 5) is 11.2. The number of aromatic nitrogens is 1. The first-order chi connectivity index (χ1) is 6.69. The monoisotopic (exact) mass is 197 g/mol. The number of aliphatic hydroxyl groups excluding tert-OH is 1. The topological polar surface area (TPSA) is 51.5 Å². The molecule has 4 nitrogen and oxygen atoms in total. The molecule has 0 aromatic carbocycles. The van der Waals surface area contributed by atoms with E-state index in [0.29, 0.717) is 19.0 Å². The van der Waals surface area contributed by atoms with Crippen LogP contribution in [-0.2, 0) is 18.1 Å². The van der Waals surface area contributed by atoms with Crippen molar-refractivity contribution < 1.29 is 14.6 Å². The Kier molecular flexibility index (Phi) is 3.85. The number of ketones is 1. The maximum Gasteiger partial charge on any atom is 0.176 e. The molecule has 0 bridgehead atoms. The van der Waals surface area contributed by atoms with Gasteiger partial charge < -0.3 is 14.4 Å². The van der Waals surface area contributed by atoms with E-state index in [4.69, 9.17) is 9.84 Å². The second kappa shape index (κ2) is 4.93. The quantitative estimate of drug-likeness (QED) is 0.721. The number of hydrogen-bond donors (Lipinski definition) is 1. The van der Waals surface area contributed by atoms with E-state index < -0.39 is 0 Å². The lowest BCUT2D eigenvalue weighted by molar-refractivity contribution is 0.0816. The van der Waals surface area contributed by atoms with E-state index >= 15 is 0 Å². The molecule has 78 valence electrons. The SMILES string of the molecule is CCOCn1cc(CO)cc1C(C)=O. The van der Waals surface area contributed by atoms with Crippen molar-refractivity contribution in [3.05, 3.63) is 23.5 Å². The molecule has 1 N–H and O–H groups in total. The summed E-state index contributed by atoms with van der Waals surface area (Å²) in [6, 6.07) is 1.68. The first-order valence-corrected chi connectivity index (χ1v) is 4.57. The standard InChI is InChI=1S/C10H15NO3/c1-3-14-7-11-5-9(6-12)4-10(11)8(2)13/h4-5,12H,3,6-7H2,1-2H3. The third-order valence-electron chi connectivity index (χ3n) is 1.93. The normalized spacial score (nSPS) is 10.5. The van der Waals surface area contributed by atoms with Gasteiger partial charge in [0.2, 0.25) is 0 Å². The Hall–Kier alpha value is -1.13. The zero-order valence-electron chi connectivity index (χ0n) is 8.49. The summed E-state index contributed by atoms with van der Waals surface area (Å²) in [6.07, 6.45) is 1.73. The van der Waals surface area contributed by atoms with Gasteiger partial charge in [-0.15, -0.1) is 0 Å².